The normalized spacial score (nSPS) is 24.0. The number of ether oxygens (including phenoxy) is 2. The zero-order valence-electron chi connectivity index (χ0n) is 25.1. The fraction of sp³-hybridized carbons (Fsp3) is 0.485. The quantitative estimate of drug-likeness (QED) is 0.301. The number of aliphatic hydroxyl groups excluding tert-OH is 1. The lowest BCUT2D eigenvalue weighted by Crippen LogP contribution is -2.43. The Morgan fingerprint density at radius 2 is 2.02 bits per heavy atom. The number of phenolic OH excluding ortho intramolecular Hbond substituents is 1. The Labute approximate surface area is 258 Å². The van der Waals surface area contributed by atoms with Gasteiger partial charge in [-0.1, -0.05) is 13.0 Å². The van der Waals surface area contributed by atoms with Crippen molar-refractivity contribution in [2.24, 2.45) is 5.92 Å². The second-order valence-electron chi connectivity index (χ2n) is 12.4. The van der Waals surface area contributed by atoms with Gasteiger partial charge in [0.15, 0.2) is 5.82 Å². The second kappa shape index (κ2) is 11.9. The van der Waals surface area contributed by atoms with E-state index in [2.05, 4.69) is 14.9 Å². The first-order valence-corrected chi connectivity index (χ1v) is 15.6. The highest BCUT2D eigenvalue weighted by Crippen LogP contribution is 2.42. The first kappa shape index (κ1) is 29.9. The fourth-order valence-electron chi connectivity index (χ4n) is 7.38. The van der Waals surface area contributed by atoms with Gasteiger partial charge in [-0.05, 0) is 60.3 Å². The third kappa shape index (κ3) is 5.32. The number of aromatic hydroxyl groups is 1. The molecule has 4 aromatic rings. The number of nitrogens with zero attached hydrogens (tertiary/aromatic N) is 5. The molecule has 3 atom stereocenters. The van der Waals surface area contributed by atoms with E-state index in [1.807, 2.05) is 11.8 Å². The SMILES string of the molecule is CCc1c(F)ccc2cc(O)cc(-c3ncc4c(N5CCOCC(CO)C5)nc(OCC56CCCN5C[C@H](F)C6)nc4c3F)c12. The predicted octanol–water partition coefficient (Wildman–Crippen LogP) is 4.79. The number of benzene rings is 2. The first-order chi connectivity index (χ1) is 21.8. The third-order valence-corrected chi connectivity index (χ3v) is 9.53. The van der Waals surface area contributed by atoms with Gasteiger partial charge in [-0.15, -0.1) is 0 Å². The smallest absolute Gasteiger partial charge is 0.319 e. The van der Waals surface area contributed by atoms with Crippen LogP contribution in [0.4, 0.5) is 19.0 Å². The molecule has 9 nitrogen and oxygen atoms in total. The topological polar surface area (TPSA) is 104 Å². The third-order valence-electron chi connectivity index (χ3n) is 9.53. The summed E-state index contributed by atoms with van der Waals surface area (Å²) in [5.41, 5.74) is 0.0289. The van der Waals surface area contributed by atoms with Crippen LogP contribution in [0.2, 0.25) is 0 Å². The minimum absolute atomic E-state index is 0.0489. The molecule has 0 aliphatic carbocycles. The van der Waals surface area contributed by atoms with Crippen molar-refractivity contribution in [2.45, 2.75) is 44.3 Å². The number of phenols is 1. The van der Waals surface area contributed by atoms with Crippen molar-refractivity contribution < 1.29 is 32.9 Å². The zero-order valence-corrected chi connectivity index (χ0v) is 25.1. The maximum atomic E-state index is 16.8. The van der Waals surface area contributed by atoms with Gasteiger partial charge in [0.2, 0.25) is 0 Å². The van der Waals surface area contributed by atoms with E-state index in [-0.39, 0.29) is 47.7 Å². The van der Waals surface area contributed by atoms with E-state index >= 15 is 4.39 Å². The Balaban J connectivity index is 1.38. The lowest BCUT2D eigenvalue weighted by Gasteiger charge is -2.31. The molecular weight excluding hydrogens is 587 g/mol. The van der Waals surface area contributed by atoms with Crippen LogP contribution in [0.5, 0.6) is 11.8 Å². The summed E-state index contributed by atoms with van der Waals surface area (Å²) in [5, 5.41) is 21.8. The Hall–Kier alpha value is -3.74. The highest BCUT2D eigenvalue weighted by Gasteiger charge is 2.49. The van der Waals surface area contributed by atoms with E-state index in [9.17, 15) is 19.0 Å². The van der Waals surface area contributed by atoms with Gasteiger partial charge in [0.05, 0.1) is 24.1 Å². The molecule has 2 aromatic heterocycles. The number of pyridine rings is 1. The maximum absolute atomic E-state index is 16.8. The number of rotatable bonds is 7. The first-order valence-electron chi connectivity index (χ1n) is 15.6. The van der Waals surface area contributed by atoms with Crippen molar-refractivity contribution in [1.82, 2.24) is 19.9 Å². The van der Waals surface area contributed by atoms with Gasteiger partial charge in [0.1, 0.15) is 41.4 Å². The molecule has 0 amide bonds. The number of aromatic nitrogens is 3. The van der Waals surface area contributed by atoms with Crippen molar-refractivity contribution in [3.05, 3.63) is 47.7 Å². The monoisotopic (exact) mass is 623 g/mol. The van der Waals surface area contributed by atoms with Crippen LogP contribution in [-0.2, 0) is 11.2 Å². The Kier molecular flexibility index (Phi) is 7.91. The van der Waals surface area contributed by atoms with Gasteiger partial charge in [0.25, 0.3) is 0 Å². The molecule has 2 unspecified atom stereocenters. The lowest BCUT2D eigenvalue weighted by atomic mass is 9.94. The molecule has 45 heavy (non-hydrogen) atoms. The van der Waals surface area contributed by atoms with E-state index in [0.717, 1.165) is 19.4 Å². The molecule has 0 saturated carbocycles. The van der Waals surface area contributed by atoms with Gasteiger partial charge >= 0.3 is 6.01 Å². The van der Waals surface area contributed by atoms with Gasteiger partial charge in [0, 0.05) is 50.3 Å². The average Bonchev–Trinajstić information content (AvgIpc) is 3.44. The van der Waals surface area contributed by atoms with Gasteiger partial charge < -0.3 is 24.6 Å². The fourth-order valence-corrected chi connectivity index (χ4v) is 7.38. The number of aliphatic hydroxyl groups is 1. The summed E-state index contributed by atoms with van der Waals surface area (Å²) in [6.45, 7) is 4.64. The van der Waals surface area contributed by atoms with Gasteiger partial charge in [-0.3, -0.25) is 9.88 Å². The number of hydrogen-bond donors (Lipinski definition) is 2. The Bertz CT molecular complexity index is 1760. The number of hydrogen-bond acceptors (Lipinski definition) is 9. The summed E-state index contributed by atoms with van der Waals surface area (Å²) in [7, 11) is 0. The maximum Gasteiger partial charge on any atom is 0.319 e. The summed E-state index contributed by atoms with van der Waals surface area (Å²) < 4.78 is 58.0. The average molecular weight is 624 g/mol. The molecule has 0 spiro atoms. The van der Waals surface area contributed by atoms with Gasteiger partial charge in [-0.25, -0.2) is 13.2 Å². The number of anilines is 1. The number of halogens is 3. The van der Waals surface area contributed by atoms with Crippen molar-refractivity contribution in [2.75, 3.05) is 57.5 Å². The summed E-state index contributed by atoms with van der Waals surface area (Å²) in [6.07, 6.45) is 2.99. The Morgan fingerprint density at radius 3 is 2.84 bits per heavy atom. The summed E-state index contributed by atoms with van der Waals surface area (Å²) in [6, 6.07) is 5.73. The number of alkyl halides is 1. The highest BCUT2D eigenvalue weighted by atomic mass is 19.1. The van der Waals surface area contributed by atoms with E-state index in [4.69, 9.17) is 14.5 Å². The van der Waals surface area contributed by atoms with Crippen LogP contribution in [0.1, 0.15) is 31.7 Å². The minimum Gasteiger partial charge on any atom is -0.508 e. The molecular formula is C33H36F3N5O4. The molecule has 7 rings (SSSR count). The van der Waals surface area contributed by atoms with Crippen LogP contribution in [0, 0.1) is 17.6 Å². The molecule has 12 heteroatoms. The highest BCUT2D eigenvalue weighted by molar-refractivity contribution is 6.01. The van der Waals surface area contributed by atoms with Gasteiger partial charge in [-0.2, -0.15) is 9.97 Å². The van der Waals surface area contributed by atoms with E-state index < -0.39 is 23.3 Å². The van der Waals surface area contributed by atoms with E-state index in [0.29, 0.717) is 73.2 Å². The largest absolute Gasteiger partial charge is 0.508 e. The summed E-state index contributed by atoms with van der Waals surface area (Å²) in [5.74, 6) is -1.11. The lowest BCUT2D eigenvalue weighted by molar-refractivity contribution is 0.0959. The molecule has 0 bridgehead atoms. The molecule has 3 saturated heterocycles. The molecule has 3 aliphatic heterocycles. The van der Waals surface area contributed by atoms with E-state index in [1.165, 1.54) is 24.4 Å². The van der Waals surface area contributed by atoms with Crippen LogP contribution in [0.3, 0.4) is 0 Å². The van der Waals surface area contributed by atoms with Crippen molar-refractivity contribution in [1.29, 1.82) is 0 Å². The van der Waals surface area contributed by atoms with Crippen LogP contribution in [-0.4, -0.2) is 94.4 Å². The molecule has 3 aliphatic rings. The van der Waals surface area contributed by atoms with Crippen LogP contribution in [0.15, 0.2) is 30.5 Å². The molecule has 238 valence electrons. The Morgan fingerprint density at radius 1 is 1.16 bits per heavy atom. The summed E-state index contributed by atoms with van der Waals surface area (Å²) in [4.78, 5) is 17.8. The second-order valence-corrected chi connectivity index (χ2v) is 12.4. The molecule has 3 fully saturated rings. The van der Waals surface area contributed by atoms with Crippen molar-refractivity contribution >= 4 is 27.5 Å². The standard InChI is InChI=1S/C33H36F3N5O4/c1-2-23-26(35)5-4-20-10-22(43)11-24(27(20)23)29-28(36)30-25(13-37-29)31(40-8-9-44-17-19(14-40)16-42)39-32(38-30)45-18-33-6-3-7-41(33)15-21(34)12-33/h4-5,10-11,13,19,21,42-43H,2-3,6-9,12,14-18H2,1H3/t19?,21-,33?/m1/s1. The van der Waals surface area contributed by atoms with E-state index in [1.54, 1.807) is 6.07 Å². The molecule has 5 heterocycles. The molecule has 2 N–H and O–H groups in total. The van der Waals surface area contributed by atoms with Crippen LogP contribution < -0.4 is 9.64 Å². The van der Waals surface area contributed by atoms with Crippen molar-refractivity contribution in [3.63, 3.8) is 0 Å². The number of aryl methyl sites for hydroxylation is 1. The minimum atomic E-state index is -0.935. The van der Waals surface area contributed by atoms with Crippen molar-refractivity contribution in [3.8, 4) is 23.0 Å². The van der Waals surface area contributed by atoms with Crippen LogP contribution >= 0.6 is 0 Å². The predicted molar refractivity (Wildman–Crippen MR) is 163 cm³/mol. The number of fused-ring (bicyclic) bond motifs is 3. The summed E-state index contributed by atoms with van der Waals surface area (Å²) >= 11 is 0. The zero-order chi connectivity index (χ0) is 31.3. The van der Waals surface area contributed by atoms with Crippen LogP contribution in [0.25, 0.3) is 32.9 Å². The molecule has 2 aromatic carbocycles. The molecule has 0 radical (unpaired) electrons.